The van der Waals surface area contributed by atoms with Crippen LogP contribution in [0.2, 0.25) is 0 Å². The predicted octanol–water partition coefficient (Wildman–Crippen LogP) is 2.71. The summed E-state index contributed by atoms with van der Waals surface area (Å²) >= 11 is 0. The molecule has 0 amide bonds. The number of rotatable bonds is 4. The van der Waals surface area contributed by atoms with Crippen molar-refractivity contribution in [3.05, 3.63) is 46.3 Å². The SMILES string of the molecule is CCOC(=O)C1CCCCN1Cc1coc2ccccc2c1=O. The van der Waals surface area contributed by atoms with E-state index in [1.807, 2.05) is 24.0 Å². The molecule has 1 atom stereocenters. The van der Waals surface area contributed by atoms with Crippen LogP contribution >= 0.6 is 0 Å². The standard InChI is InChI=1S/C18H21NO4/c1-2-22-18(21)15-8-5-6-10-19(15)11-13-12-23-16-9-4-3-7-14(16)17(13)20/h3-4,7,9,12,15H,2,5-6,8,10-11H2,1H3. The van der Waals surface area contributed by atoms with E-state index >= 15 is 0 Å². The molecule has 2 aromatic rings. The van der Waals surface area contributed by atoms with Crippen LogP contribution in [0.4, 0.5) is 0 Å². The zero-order chi connectivity index (χ0) is 16.2. The van der Waals surface area contributed by atoms with Crippen molar-refractivity contribution in [2.45, 2.75) is 38.8 Å². The minimum Gasteiger partial charge on any atom is -0.465 e. The number of benzene rings is 1. The molecule has 0 aliphatic carbocycles. The predicted molar refractivity (Wildman–Crippen MR) is 87.2 cm³/mol. The summed E-state index contributed by atoms with van der Waals surface area (Å²) in [5.74, 6) is -0.197. The fourth-order valence-electron chi connectivity index (χ4n) is 3.13. The van der Waals surface area contributed by atoms with Crippen molar-refractivity contribution in [1.29, 1.82) is 0 Å². The molecule has 122 valence electrons. The van der Waals surface area contributed by atoms with Crippen molar-refractivity contribution in [1.82, 2.24) is 4.90 Å². The zero-order valence-electron chi connectivity index (χ0n) is 13.3. The molecule has 1 saturated heterocycles. The second-order valence-electron chi connectivity index (χ2n) is 5.82. The normalized spacial score (nSPS) is 18.9. The van der Waals surface area contributed by atoms with E-state index in [0.717, 1.165) is 25.8 Å². The van der Waals surface area contributed by atoms with Crippen molar-refractivity contribution in [3.8, 4) is 0 Å². The van der Waals surface area contributed by atoms with Gasteiger partial charge in [-0.3, -0.25) is 14.5 Å². The van der Waals surface area contributed by atoms with Gasteiger partial charge < -0.3 is 9.15 Å². The van der Waals surface area contributed by atoms with Gasteiger partial charge in [0.05, 0.1) is 18.3 Å². The first kappa shape index (κ1) is 15.7. The molecule has 1 aliphatic rings. The number of hydrogen-bond acceptors (Lipinski definition) is 5. The molecule has 5 nitrogen and oxygen atoms in total. The van der Waals surface area contributed by atoms with Gasteiger partial charge in [-0.25, -0.2) is 0 Å². The van der Waals surface area contributed by atoms with Crippen molar-refractivity contribution in [2.75, 3.05) is 13.2 Å². The maximum absolute atomic E-state index is 12.6. The lowest BCUT2D eigenvalue weighted by molar-refractivity contribution is -0.151. The van der Waals surface area contributed by atoms with Gasteiger partial charge in [0.15, 0.2) is 5.43 Å². The number of hydrogen-bond donors (Lipinski definition) is 0. The highest BCUT2D eigenvalue weighted by Gasteiger charge is 2.30. The number of fused-ring (bicyclic) bond motifs is 1. The maximum Gasteiger partial charge on any atom is 0.323 e. The van der Waals surface area contributed by atoms with Gasteiger partial charge in [0, 0.05) is 12.1 Å². The summed E-state index contributed by atoms with van der Waals surface area (Å²) in [6.07, 6.45) is 4.32. The lowest BCUT2D eigenvalue weighted by Crippen LogP contribution is -2.45. The van der Waals surface area contributed by atoms with Gasteiger partial charge in [-0.2, -0.15) is 0 Å². The van der Waals surface area contributed by atoms with Gasteiger partial charge in [0.2, 0.25) is 0 Å². The van der Waals surface area contributed by atoms with Gasteiger partial charge in [-0.05, 0) is 38.4 Å². The van der Waals surface area contributed by atoms with Gasteiger partial charge in [0.25, 0.3) is 0 Å². The first-order chi connectivity index (χ1) is 11.2. The monoisotopic (exact) mass is 315 g/mol. The zero-order valence-corrected chi connectivity index (χ0v) is 13.3. The van der Waals surface area contributed by atoms with E-state index in [1.165, 1.54) is 6.26 Å². The lowest BCUT2D eigenvalue weighted by atomic mass is 10.0. The molecule has 1 aromatic heterocycles. The molecule has 1 aliphatic heterocycles. The number of para-hydroxylation sites is 1. The van der Waals surface area contributed by atoms with Crippen molar-refractivity contribution in [3.63, 3.8) is 0 Å². The second-order valence-corrected chi connectivity index (χ2v) is 5.82. The third-order valence-corrected chi connectivity index (χ3v) is 4.30. The molecule has 3 rings (SSSR count). The van der Waals surface area contributed by atoms with E-state index in [4.69, 9.17) is 9.15 Å². The average Bonchev–Trinajstić information content (AvgIpc) is 2.58. The van der Waals surface area contributed by atoms with Crippen LogP contribution < -0.4 is 5.43 Å². The molecule has 0 spiro atoms. The topological polar surface area (TPSA) is 59.8 Å². The number of carbonyl (C=O) groups excluding carboxylic acids is 1. The highest BCUT2D eigenvalue weighted by atomic mass is 16.5. The smallest absolute Gasteiger partial charge is 0.323 e. The Morgan fingerprint density at radius 3 is 3.00 bits per heavy atom. The minimum absolute atomic E-state index is 0.0277. The Morgan fingerprint density at radius 1 is 1.35 bits per heavy atom. The molecule has 5 heteroatoms. The van der Waals surface area contributed by atoms with Crippen LogP contribution in [-0.2, 0) is 16.1 Å². The third-order valence-electron chi connectivity index (χ3n) is 4.30. The van der Waals surface area contributed by atoms with Crippen molar-refractivity contribution in [2.24, 2.45) is 0 Å². The maximum atomic E-state index is 12.6. The fourth-order valence-corrected chi connectivity index (χ4v) is 3.13. The Kier molecular flexibility index (Phi) is 4.76. The average molecular weight is 315 g/mol. The number of ether oxygens (including phenoxy) is 1. The van der Waals surface area contributed by atoms with E-state index in [2.05, 4.69) is 0 Å². The Bertz CT molecular complexity index is 752. The summed E-state index contributed by atoms with van der Waals surface area (Å²) in [5.41, 5.74) is 1.14. The molecule has 23 heavy (non-hydrogen) atoms. The number of nitrogens with zero attached hydrogens (tertiary/aromatic N) is 1. The molecule has 1 fully saturated rings. The van der Waals surface area contributed by atoms with Crippen LogP contribution in [-0.4, -0.2) is 30.1 Å². The highest BCUT2D eigenvalue weighted by Crippen LogP contribution is 2.21. The highest BCUT2D eigenvalue weighted by molar-refractivity contribution is 5.77. The van der Waals surface area contributed by atoms with Crippen LogP contribution in [0.5, 0.6) is 0 Å². The van der Waals surface area contributed by atoms with E-state index < -0.39 is 0 Å². The van der Waals surface area contributed by atoms with Gasteiger partial charge in [-0.1, -0.05) is 18.6 Å². The second kappa shape index (κ2) is 6.96. The number of piperidine rings is 1. The Balaban J connectivity index is 1.86. The van der Waals surface area contributed by atoms with E-state index in [0.29, 0.717) is 29.7 Å². The summed E-state index contributed by atoms with van der Waals surface area (Å²) in [6, 6.07) is 6.94. The summed E-state index contributed by atoms with van der Waals surface area (Å²) in [6.45, 7) is 3.39. The summed E-state index contributed by atoms with van der Waals surface area (Å²) in [4.78, 5) is 26.8. The quantitative estimate of drug-likeness (QED) is 0.812. The molecule has 1 unspecified atom stereocenters. The first-order valence-electron chi connectivity index (χ1n) is 8.11. The molecular weight excluding hydrogens is 294 g/mol. The van der Waals surface area contributed by atoms with Gasteiger partial charge >= 0.3 is 5.97 Å². The lowest BCUT2D eigenvalue weighted by Gasteiger charge is -2.33. The third kappa shape index (κ3) is 3.29. The molecule has 2 heterocycles. The molecule has 0 radical (unpaired) electrons. The summed E-state index contributed by atoms with van der Waals surface area (Å²) in [7, 11) is 0. The van der Waals surface area contributed by atoms with Gasteiger partial charge in [-0.15, -0.1) is 0 Å². The Labute approximate surface area is 134 Å². The van der Waals surface area contributed by atoms with Crippen LogP contribution in [0.15, 0.2) is 39.7 Å². The fraction of sp³-hybridized carbons (Fsp3) is 0.444. The van der Waals surface area contributed by atoms with E-state index in [9.17, 15) is 9.59 Å². The molecule has 0 N–H and O–H groups in total. The molecular formula is C18H21NO4. The first-order valence-corrected chi connectivity index (χ1v) is 8.11. The number of esters is 1. The largest absolute Gasteiger partial charge is 0.465 e. The minimum atomic E-state index is -0.269. The molecule has 0 saturated carbocycles. The van der Waals surface area contributed by atoms with E-state index in [-0.39, 0.29) is 17.4 Å². The van der Waals surface area contributed by atoms with Crippen LogP contribution in [0.3, 0.4) is 0 Å². The van der Waals surface area contributed by atoms with Crippen molar-refractivity contribution < 1.29 is 13.9 Å². The van der Waals surface area contributed by atoms with Crippen LogP contribution in [0, 0.1) is 0 Å². The molecule has 1 aromatic carbocycles. The van der Waals surface area contributed by atoms with Crippen LogP contribution in [0.1, 0.15) is 31.7 Å². The molecule has 0 bridgehead atoms. The number of carbonyl (C=O) groups is 1. The number of likely N-dealkylation sites (tertiary alicyclic amines) is 1. The van der Waals surface area contributed by atoms with E-state index in [1.54, 1.807) is 12.1 Å². The van der Waals surface area contributed by atoms with Crippen molar-refractivity contribution >= 4 is 16.9 Å². The summed E-state index contributed by atoms with van der Waals surface area (Å²) in [5, 5.41) is 0.578. The summed E-state index contributed by atoms with van der Waals surface area (Å²) < 4.78 is 10.7. The van der Waals surface area contributed by atoms with Gasteiger partial charge in [0.1, 0.15) is 11.6 Å². The Hall–Kier alpha value is -2.14. The van der Waals surface area contributed by atoms with Crippen LogP contribution in [0.25, 0.3) is 11.0 Å². The Morgan fingerprint density at radius 2 is 2.17 bits per heavy atom.